The van der Waals surface area contributed by atoms with Crippen LogP contribution in [0.2, 0.25) is 0 Å². The van der Waals surface area contributed by atoms with Crippen LogP contribution in [0, 0.1) is 78.1 Å². The third-order valence-electron chi connectivity index (χ3n) is 14.7. The number of nitriles is 2. The molecule has 4 nitrogen and oxygen atoms in total. The van der Waals surface area contributed by atoms with Crippen LogP contribution in [0.1, 0.15) is 55.6 Å². The Morgan fingerprint density at radius 2 is 0.568 bits per heavy atom. The summed E-state index contributed by atoms with van der Waals surface area (Å²) in [6, 6.07) is 71.3. The summed E-state index contributed by atoms with van der Waals surface area (Å²) in [5, 5.41) is 26.1. The minimum absolute atomic E-state index is 0.526. The number of benzene rings is 10. The van der Waals surface area contributed by atoms with Crippen molar-refractivity contribution < 1.29 is 0 Å². The Hall–Kier alpha value is -9.22. The van der Waals surface area contributed by atoms with Crippen LogP contribution in [0.25, 0.3) is 111 Å². The van der Waals surface area contributed by atoms with E-state index in [1.807, 2.05) is 30.3 Å². The Kier molecular flexibility index (Phi) is 11.0. The second-order valence-electron chi connectivity index (χ2n) is 20.8. The first-order chi connectivity index (χ1) is 35.8. The summed E-state index contributed by atoms with van der Waals surface area (Å²) in [5.74, 6) is 0. The number of aromatic nitrogens is 2. The van der Waals surface area contributed by atoms with Crippen LogP contribution in [-0.4, -0.2) is 9.13 Å². The number of rotatable bonds is 7. The van der Waals surface area contributed by atoms with Crippen molar-refractivity contribution in [3.05, 3.63) is 238 Å². The van der Waals surface area contributed by atoms with Gasteiger partial charge in [0.25, 0.3) is 0 Å². The van der Waals surface area contributed by atoms with Crippen LogP contribution in [0.4, 0.5) is 0 Å². The van der Waals surface area contributed by atoms with Crippen molar-refractivity contribution in [2.24, 2.45) is 0 Å². The lowest BCUT2D eigenvalue weighted by Gasteiger charge is -2.21. The number of hydrogen-bond donors (Lipinski definition) is 0. The molecule has 0 aliphatic rings. The van der Waals surface area contributed by atoms with Crippen molar-refractivity contribution in [1.29, 1.82) is 10.5 Å². The van der Waals surface area contributed by atoms with Gasteiger partial charge in [0.15, 0.2) is 0 Å². The molecule has 74 heavy (non-hydrogen) atoms. The second kappa shape index (κ2) is 17.8. The average molecular weight is 951 g/mol. The molecule has 354 valence electrons. The summed E-state index contributed by atoms with van der Waals surface area (Å²) in [6.07, 6.45) is 0. The molecule has 0 unspecified atom stereocenters. The molecule has 0 aliphatic carbocycles. The fourth-order valence-corrected chi connectivity index (χ4v) is 11.9. The van der Waals surface area contributed by atoms with E-state index in [-0.39, 0.29) is 0 Å². The van der Waals surface area contributed by atoms with Gasteiger partial charge >= 0.3 is 0 Å². The summed E-state index contributed by atoms with van der Waals surface area (Å²) in [4.78, 5) is 0. The summed E-state index contributed by atoms with van der Waals surface area (Å²) in [5.41, 5.74) is 27.6. The average Bonchev–Trinajstić information content (AvgIpc) is 3.88. The van der Waals surface area contributed by atoms with E-state index in [1.165, 1.54) is 66.8 Å². The van der Waals surface area contributed by atoms with E-state index >= 15 is 0 Å². The number of nitrogens with zero attached hydrogens (tertiary/aromatic N) is 4. The third-order valence-corrected chi connectivity index (χ3v) is 14.7. The zero-order valence-electron chi connectivity index (χ0n) is 43.1. The molecule has 10 aromatic carbocycles. The quantitative estimate of drug-likeness (QED) is 0.160. The van der Waals surface area contributed by atoms with Crippen LogP contribution in [0.5, 0.6) is 0 Å². The van der Waals surface area contributed by atoms with Gasteiger partial charge in [-0.05, 0) is 178 Å². The van der Waals surface area contributed by atoms with Gasteiger partial charge in [-0.25, -0.2) is 0 Å². The normalized spacial score (nSPS) is 11.5. The Morgan fingerprint density at radius 1 is 0.270 bits per heavy atom. The second-order valence-corrected chi connectivity index (χ2v) is 20.8. The van der Waals surface area contributed by atoms with E-state index in [0.717, 1.165) is 88.4 Å². The van der Waals surface area contributed by atoms with Gasteiger partial charge in [0.2, 0.25) is 0 Å². The number of fused-ring (bicyclic) bond motifs is 6. The Morgan fingerprint density at radius 3 is 0.851 bits per heavy atom. The summed E-state index contributed by atoms with van der Waals surface area (Å²) in [6.45, 7) is 17.3. The van der Waals surface area contributed by atoms with Gasteiger partial charge < -0.3 is 9.13 Å². The van der Waals surface area contributed by atoms with Crippen molar-refractivity contribution in [2.45, 2.75) is 55.4 Å². The molecule has 0 spiro atoms. The largest absolute Gasteiger partial charge is 0.308 e. The van der Waals surface area contributed by atoms with Gasteiger partial charge in [-0.2, -0.15) is 10.5 Å². The molecule has 2 heterocycles. The Labute approximate surface area is 433 Å². The van der Waals surface area contributed by atoms with Crippen molar-refractivity contribution in [3.63, 3.8) is 0 Å². The SMILES string of the molecule is Cc1cc(C)cc(-c2ccc3c(c2)c2cc(-c4cc(C)cc(C)c4)ccc2n3-c2cc(C#N)cc(-n3c4ccc(-c5cc(C)cc(C)c5)cc4c4cc(-c5cc(C)cc(C)c5)ccc43)c2-c2cccc(C#N)c2)c1. The molecule has 0 radical (unpaired) electrons. The minimum atomic E-state index is 0.526. The smallest absolute Gasteiger partial charge is 0.0993 e. The zero-order valence-corrected chi connectivity index (χ0v) is 43.1. The maximum absolute atomic E-state index is 11.2. The summed E-state index contributed by atoms with van der Waals surface area (Å²) >= 11 is 0. The molecule has 2 aromatic heterocycles. The van der Waals surface area contributed by atoms with Gasteiger partial charge in [0.05, 0.1) is 56.7 Å². The van der Waals surface area contributed by atoms with E-state index < -0.39 is 0 Å². The van der Waals surface area contributed by atoms with Crippen LogP contribution >= 0.6 is 0 Å². The van der Waals surface area contributed by atoms with Crippen LogP contribution in [0.15, 0.2) is 182 Å². The van der Waals surface area contributed by atoms with Crippen LogP contribution in [0.3, 0.4) is 0 Å². The predicted octanol–water partition coefficient (Wildman–Crippen LogP) is 18.4. The standard InChI is InChI=1S/C70H54N4/c1-41-20-42(2)25-56(24-41)51-12-16-64-60(35-51)61-36-52(57-26-43(3)21-44(4)27-57)13-17-65(61)73(64)68-33-50(40-72)34-69(70(68)55-11-9-10-49(32-55)39-71)74-66-18-14-53(58-28-45(5)22-46(6)29-58)37-62(66)63-38-54(15-19-67(63)74)59-30-47(7)23-48(8)31-59/h9-38H,1-8H3. The highest BCUT2D eigenvalue weighted by Gasteiger charge is 2.25. The van der Waals surface area contributed by atoms with Gasteiger partial charge in [0.1, 0.15) is 0 Å². The lowest BCUT2D eigenvalue weighted by molar-refractivity contribution is 1.13. The monoisotopic (exact) mass is 950 g/mol. The highest BCUT2D eigenvalue weighted by atomic mass is 15.0. The predicted molar refractivity (Wildman–Crippen MR) is 310 cm³/mol. The first-order valence-corrected chi connectivity index (χ1v) is 25.4. The van der Waals surface area contributed by atoms with Crippen LogP contribution in [-0.2, 0) is 0 Å². The minimum Gasteiger partial charge on any atom is -0.308 e. The molecule has 0 saturated heterocycles. The first-order valence-electron chi connectivity index (χ1n) is 25.4. The van der Waals surface area contributed by atoms with E-state index in [1.54, 1.807) is 0 Å². The summed E-state index contributed by atoms with van der Waals surface area (Å²) in [7, 11) is 0. The van der Waals surface area contributed by atoms with Crippen molar-refractivity contribution in [3.8, 4) is 79.1 Å². The highest BCUT2D eigenvalue weighted by molar-refractivity contribution is 6.14. The van der Waals surface area contributed by atoms with Gasteiger partial charge in [0, 0.05) is 27.1 Å². The molecule has 12 aromatic rings. The molecule has 0 atom stereocenters. The Balaban J connectivity index is 1.20. The van der Waals surface area contributed by atoms with Crippen molar-refractivity contribution in [2.75, 3.05) is 0 Å². The third kappa shape index (κ3) is 8.03. The lowest BCUT2D eigenvalue weighted by Crippen LogP contribution is -2.05. The maximum Gasteiger partial charge on any atom is 0.0993 e. The van der Waals surface area contributed by atoms with E-state index in [4.69, 9.17) is 0 Å². The molecule has 0 aliphatic heterocycles. The Bertz CT molecular complexity index is 3880. The molecule has 0 fully saturated rings. The maximum atomic E-state index is 11.2. The molecule has 0 N–H and O–H groups in total. The molecular formula is C70H54N4. The number of aryl methyl sites for hydroxylation is 8. The fraction of sp³-hybridized carbons (Fsp3) is 0.114. The molecule has 4 heteroatoms. The molecule has 0 saturated carbocycles. The topological polar surface area (TPSA) is 57.4 Å². The molecule has 0 amide bonds. The van der Waals surface area contributed by atoms with Crippen molar-refractivity contribution >= 4 is 43.6 Å². The van der Waals surface area contributed by atoms with E-state index in [0.29, 0.717) is 11.1 Å². The van der Waals surface area contributed by atoms with E-state index in [2.05, 4.69) is 228 Å². The fourth-order valence-electron chi connectivity index (χ4n) is 11.9. The zero-order chi connectivity index (χ0) is 51.1. The highest BCUT2D eigenvalue weighted by Crippen LogP contribution is 2.46. The van der Waals surface area contributed by atoms with Crippen LogP contribution < -0.4 is 0 Å². The van der Waals surface area contributed by atoms with Gasteiger partial charge in [-0.3, -0.25) is 0 Å². The molecular weight excluding hydrogens is 897 g/mol. The first kappa shape index (κ1) is 45.9. The lowest BCUT2D eigenvalue weighted by atomic mass is 9.96. The van der Waals surface area contributed by atoms with Crippen molar-refractivity contribution in [1.82, 2.24) is 9.13 Å². The van der Waals surface area contributed by atoms with Gasteiger partial charge in [-0.15, -0.1) is 0 Å². The van der Waals surface area contributed by atoms with Gasteiger partial charge in [-0.1, -0.05) is 154 Å². The van der Waals surface area contributed by atoms with E-state index in [9.17, 15) is 10.5 Å². The molecule has 0 bridgehead atoms. The summed E-state index contributed by atoms with van der Waals surface area (Å²) < 4.78 is 4.70. The number of hydrogen-bond acceptors (Lipinski definition) is 2. The molecule has 12 rings (SSSR count).